The van der Waals surface area contributed by atoms with Crippen molar-refractivity contribution in [1.29, 1.82) is 0 Å². The van der Waals surface area contributed by atoms with Crippen LogP contribution >= 0.6 is 11.6 Å². The number of amides is 2. The van der Waals surface area contributed by atoms with Gasteiger partial charge in [0.05, 0.1) is 11.1 Å². The van der Waals surface area contributed by atoms with Crippen molar-refractivity contribution in [2.45, 2.75) is 39.3 Å². The van der Waals surface area contributed by atoms with Crippen molar-refractivity contribution in [3.8, 4) is 0 Å². The Morgan fingerprint density at radius 3 is 2.73 bits per heavy atom. The molecule has 1 aliphatic rings. The highest BCUT2D eigenvalue weighted by atomic mass is 35.5. The largest absolute Gasteiger partial charge is 0.347 e. The van der Waals surface area contributed by atoms with Crippen molar-refractivity contribution in [2.75, 3.05) is 0 Å². The molecule has 2 N–H and O–H groups in total. The Bertz CT molecular complexity index is 1580. The topological polar surface area (TPSA) is 118 Å². The lowest BCUT2D eigenvalue weighted by Gasteiger charge is -2.16. The maximum absolute atomic E-state index is 13.4. The van der Waals surface area contributed by atoms with Gasteiger partial charge in [-0.1, -0.05) is 29.8 Å². The zero-order valence-corrected chi connectivity index (χ0v) is 20.8. The maximum atomic E-state index is 13.4. The molecule has 0 bridgehead atoms. The Labute approximate surface area is 216 Å². The highest BCUT2D eigenvalue weighted by molar-refractivity contribution is 6.30. The van der Waals surface area contributed by atoms with Crippen molar-refractivity contribution >= 4 is 35.0 Å². The van der Waals surface area contributed by atoms with Crippen LogP contribution in [0, 0.1) is 12.7 Å². The van der Waals surface area contributed by atoms with Crippen LogP contribution in [0.2, 0.25) is 5.02 Å². The summed E-state index contributed by atoms with van der Waals surface area (Å²) in [5.74, 6) is -1.43. The fourth-order valence-electron chi connectivity index (χ4n) is 4.66. The van der Waals surface area contributed by atoms with E-state index in [1.807, 2.05) is 13.0 Å². The molecular formula is C26H22ClFN6O3. The van der Waals surface area contributed by atoms with Gasteiger partial charge in [0.2, 0.25) is 0 Å². The second-order valence-electron chi connectivity index (χ2n) is 8.86. The predicted octanol–water partition coefficient (Wildman–Crippen LogP) is 3.78. The van der Waals surface area contributed by atoms with Crippen molar-refractivity contribution in [2.24, 2.45) is 0 Å². The minimum Gasteiger partial charge on any atom is -0.347 e. The van der Waals surface area contributed by atoms with Crippen LogP contribution in [0.5, 0.6) is 0 Å². The molecular weight excluding hydrogens is 499 g/mol. The SMILES string of the molecule is CC(=O)c1ccc2c(c1C)CC[C@@H]2NC(=O)c1cc(C(=O)NCc2ccc(F)c(Cl)c2)nc2ncnn12. The van der Waals surface area contributed by atoms with Gasteiger partial charge in [-0.25, -0.2) is 9.37 Å². The number of carbonyl (C=O) groups is 3. The molecule has 11 heteroatoms. The van der Waals surface area contributed by atoms with Gasteiger partial charge < -0.3 is 10.6 Å². The summed E-state index contributed by atoms with van der Waals surface area (Å²) >= 11 is 5.81. The molecule has 0 spiro atoms. The van der Waals surface area contributed by atoms with Crippen LogP contribution in [0.15, 0.2) is 42.7 Å². The van der Waals surface area contributed by atoms with E-state index in [1.54, 1.807) is 6.07 Å². The third-order valence-corrected chi connectivity index (χ3v) is 6.82. The minimum atomic E-state index is -0.550. The van der Waals surface area contributed by atoms with Gasteiger partial charge in [0.15, 0.2) is 5.78 Å². The smallest absolute Gasteiger partial charge is 0.270 e. The zero-order chi connectivity index (χ0) is 26.3. The van der Waals surface area contributed by atoms with E-state index in [1.165, 1.54) is 42.0 Å². The summed E-state index contributed by atoms with van der Waals surface area (Å²) in [6.45, 7) is 3.55. The van der Waals surface area contributed by atoms with Crippen LogP contribution < -0.4 is 10.6 Å². The first kappa shape index (κ1) is 24.5. The highest BCUT2D eigenvalue weighted by Gasteiger charge is 2.28. The second-order valence-corrected chi connectivity index (χ2v) is 9.26. The molecule has 2 aromatic carbocycles. The van der Waals surface area contributed by atoms with E-state index in [-0.39, 0.29) is 40.6 Å². The van der Waals surface area contributed by atoms with Gasteiger partial charge >= 0.3 is 0 Å². The van der Waals surface area contributed by atoms with Crippen molar-refractivity contribution in [3.63, 3.8) is 0 Å². The normalized spacial score (nSPS) is 14.4. The number of halogens is 2. The van der Waals surface area contributed by atoms with Gasteiger partial charge in [0.25, 0.3) is 17.6 Å². The van der Waals surface area contributed by atoms with Gasteiger partial charge in [-0.15, -0.1) is 0 Å². The molecule has 9 nitrogen and oxygen atoms in total. The van der Waals surface area contributed by atoms with Crippen LogP contribution in [-0.4, -0.2) is 37.2 Å². The van der Waals surface area contributed by atoms with E-state index in [0.717, 1.165) is 23.1 Å². The molecule has 0 saturated carbocycles. The third kappa shape index (κ3) is 4.67. The van der Waals surface area contributed by atoms with Crippen LogP contribution in [0.3, 0.4) is 0 Å². The van der Waals surface area contributed by atoms with Crippen LogP contribution in [0.1, 0.15) is 73.0 Å². The molecule has 188 valence electrons. The minimum absolute atomic E-state index is 0.00600. The van der Waals surface area contributed by atoms with E-state index in [4.69, 9.17) is 11.6 Å². The first-order chi connectivity index (χ1) is 17.7. The average Bonchev–Trinajstić information content (AvgIpc) is 3.51. The Morgan fingerprint density at radius 2 is 1.97 bits per heavy atom. The first-order valence-electron chi connectivity index (χ1n) is 11.6. The number of nitrogens with zero attached hydrogens (tertiary/aromatic N) is 4. The molecule has 4 aromatic rings. The molecule has 2 aromatic heterocycles. The van der Waals surface area contributed by atoms with Gasteiger partial charge in [-0.2, -0.15) is 14.6 Å². The van der Waals surface area contributed by atoms with Gasteiger partial charge in [-0.05, 0) is 61.1 Å². The fraction of sp³-hybridized carbons (Fsp3) is 0.231. The average molecular weight is 521 g/mol. The van der Waals surface area contributed by atoms with Gasteiger partial charge in [-0.3, -0.25) is 14.4 Å². The number of hydrogen-bond donors (Lipinski definition) is 2. The number of ketones is 1. The van der Waals surface area contributed by atoms with Crippen molar-refractivity contribution in [1.82, 2.24) is 30.2 Å². The molecule has 2 heterocycles. The predicted molar refractivity (Wildman–Crippen MR) is 133 cm³/mol. The first-order valence-corrected chi connectivity index (χ1v) is 12.0. The summed E-state index contributed by atoms with van der Waals surface area (Å²) in [4.78, 5) is 46.3. The Balaban J connectivity index is 1.37. The zero-order valence-electron chi connectivity index (χ0n) is 20.0. The highest BCUT2D eigenvalue weighted by Crippen LogP contribution is 2.35. The molecule has 37 heavy (non-hydrogen) atoms. The molecule has 0 saturated heterocycles. The Morgan fingerprint density at radius 1 is 1.16 bits per heavy atom. The Kier molecular flexibility index (Phi) is 6.43. The molecule has 0 fully saturated rings. The molecule has 5 rings (SSSR count). The number of rotatable bonds is 6. The summed E-state index contributed by atoms with van der Waals surface area (Å²) in [5, 5.41) is 9.75. The Hall–Kier alpha value is -4.18. The van der Waals surface area contributed by atoms with Gasteiger partial charge in [0, 0.05) is 18.2 Å². The molecule has 1 aliphatic carbocycles. The monoisotopic (exact) mass is 520 g/mol. The molecule has 0 unspecified atom stereocenters. The molecule has 0 radical (unpaired) electrons. The lowest BCUT2D eigenvalue weighted by atomic mass is 9.96. The van der Waals surface area contributed by atoms with Crippen molar-refractivity contribution in [3.05, 3.63) is 92.8 Å². The number of carbonyl (C=O) groups excluding carboxylic acids is 3. The molecule has 0 aliphatic heterocycles. The number of aromatic nitrogens is 4. The number of nitrogens with one attached hydrogen (secondary N) is 2. The lowest BCUT2D eigenvalue weighted by Crippen LogP contribution is -2.30. The number of fused-ring (bicyclic) bond motifs is 2. The standard InChI is InChI=1S/C26H22ClFN6O3/c1-13-16(14(2)35)4-5-18-17(13)6-8-21(18)32-25(37)23-10-22(33-26-30-12-31-34(23)26)24(36)29-11-15-3-7-20(28)19(27)9-15/h3-5,7,9-10,12,21H,6,8,11H2,1-2H3,(H,29,36)(H,32,37)/t21-/m0/s1. The third-order valence-electron chi connectivity index (χ3n) is 6.53. The van der Waals surface area contributed by atoms with Crippen LogP contribution in [0.4, 0.5) is 4.39 Å². The second kappa shape index (κ2) is 9.70. The summed E-state index contributed by atoms with van der Waals surface area (Å²) in [6.07, 6.45) is 2.67. The van der Waals surface area contributed by atoms with E-state index in [2.05, 4.69) is 25.7 Å². The maximum Gasteiger partial charge on any atom is 0.270 e. The van der Waals surface area contributed by atoms with E-state index in [0.29, 0.717) is 17.5 Å². The van der Waals surface area contributed by atoms with Crippen LogP contribution in [-0.2, 0) is 13.0 Å². The van der Waals surface area contributed by atoms with E-state index in [9.17, 15) is 18.8 Å². The number of hydrogen-bond acceptors (Lipinski definition) is 6. The summed E-state index contributed by atoms with van der Waals surface area (Å²) < 4.78 is 14.7. The summed E-state index contributed by atoms with van der Waals surface area (Å²) in [5.41, 5.74) is 4.34. The molecule has 2 amide bonds. The van der Waals surface area contributed by atoms with Crippen LogP contribution in [0.25, 0.3) is 5.78 Å². The quantitative estimate of drug-likeness (QED) is 0.374. The van der Waals surface area contributed by atoms with Gasteiger partial charge in [0.1, 0.15) is 23.5 Å². The fourth-order valence-corrected chi connectivity index (χ4v) is 4.86. The van der Waals surface area contributed by atoms with Crippen molar-refractivity contribution < 1.29 is 18.8 Å². The molecule has 1 atom stereocenters. The summed E-state index contributed by atoms with van der Waals surface area (Å²) in [7, 11) is 0. The van der Waals surface area contributed by atoms with E-state index < -0.39 is 17.6 Å². The van der Waals surface area contributed by atoms with E-state index >= 15 is 0 Å². The summed E-state index contributed by atoms with van der Waals surface area (Å²) in [6, 6.07) is 8.92. The lowest BCUT2D eigenvalue weighted by molar-refractivity contribution is 0.0927. The number of benzene rings is 2. The number of Topliss-reactive ketones (excluding diaryl/α,β-unsaturated/α-hetero) is 1.